The lowest BCUT2D eigenvalue weighted by Crippen LogP contribution is -2.31. The van der Waals surface area contributed by atoms with Crippen LogP contribution in [0.5, 0.6) is 5.75 Å². The van der Waals surface area contributed by atoms with Gasteiger partial charge in [-0.1, -0.05) is 29.8 Å². The van der Waals surface area contributed by atoms with Crippen molar-refractivity contribution in [2.45, 2.75) is 57.6 Å². The number of aromatic hydroxyl groups is 1. The third-order valence-corrected chi connectivity index (χ3v) is 13.1. The molecule has 4 aromatic carbocycles. The molecule has 7 aromatic rings. The maximum Gasteiger partial charge on any atom is 0.354 e. The lowest BCUT2D eigenvalue weighted by molar-refractivity contribution is -0.387. The number of ether oxygens (including phenoxy) is 1. The third kappa shape index (κ3) is 8.08. The molecule has 0 aliphatic rings. The molecule has 0 radical (unpaired) electrons. The molecule has 0 spiro atoms. The number of nitrogens with zero attached hydrogens (tertiary/aromatic N) is 7. The first kappa shape index (κ1) is 43.0. The van der Waals surface area contributed by atoms with Crippen LogP contribution in [0.1, 0.15) is 50.8 Å². The van der Waals surface area contributed by atoms with Gasteiger partial charge in [0.1, 0.15) is 17.3 Å². The van der Waals surface area contributed by atoms with Crippen LogP contribution in [-0.2, 0) is 61.3 Å². The molecule has 15 nitrogen and oxygen atoms in total. The fraction of sp³-hybridized carbons (Fsp3) is 0.279. The molecule has 0 bridgehead atoms. The quantitative estimate of drug-likeness (QED) is 0.0602. The van der Waals surface area contributed by atoms with Gasteiger partial charge in [0.05, 0.1) is 36.5 Å². The summed E-state index contributed by atoms with van der Waals surface area (Å²) in [4.78, 5) is 24.1. The number of methoxy groups -OCH3 is 1. The van der Waals surface area contributed by atoms with Gasteiger partial charge in [-0.05, 0) is 98.2 Å². The fourth-order valence-electron chi connectivity index (χ4n) is 8.01. The number of rotatable bonds is 15. The first-order valence-corrected chi connectivity index (χ1v) is 21.1. The average molecular weight is 872 g/mol. The minimum absolute atomic E-state index is 0.0223. The van der Waals surface area contributed by atoms with E-state index in [1.807, 2.05) is 0 Å². The summed E-state index contributed by atoms with van der Waals surface area (Å²) < 4.78 is 54.8. The van der Waals surface area contributed by atoms with Crippen LogP contribution in [0.3, 0.4) is 0 Å². The summed E-state index contributed by atoms with van der Waals surface area (Å²) in [7, 11) is 0.0595. The Morgan fingerprint density at radius 3 is 2.46 bits per heavy atom. The van der Waals surface area contributed by atoms with Gasteiger partial charge in [0.15, 0.2) is 4.90 Å². The van der Waals surface area contributed by atoms with Gasteiger partial charge in [-0.3, -0.25) is 19.5 Å². The summed E-state index contributed by atoms with van der Waals surface area (Å²) >= 11 is 7.04. The Hall–Kier alpha value is -6.14. The number of aliphatic hydroxyl groups excluding tert-OH is 1. The summed E-state index contributed by atoms with van der Waals surface area (Å²) in [6, 6.07) is 17.9. The number of aromatic nitrogens is 5. The van der Waals surface area contributed by atoms with Crippen LogP contribution in [0.4, 0.5) is 10.1 Å². The highest BCUT2D eigenvalue weighted by Gasteiger charge is 2.35. The number of carbonyl (C=O) groups excluding carboxylic acids is 1. The smallest absolute Gasteiger partial charge is 0.354 e. The molecule has 3 heterocycles. The Balaban J connectivity index is 1.32. The molecule has 61 heavy (non-hydrogen) atoms. The molecule has 0 amide bonds. The second-order valence-electron chi connectivity index (χ2n) is 14.8. The summed E-state index contributed by atoms with van der Waals surface area (Å²) in [5.41, 5.74) is 4.59. The van der Waals surface area contributed by atoms with Gasteiger partial charge < -0.3 is 19.5 Å². The topological polar surface area (TPSA) is 188 Å². The van der Waals surface area contributed by atoms with E-state index >= 15 is 0 Å². The lowest BCUT2D eigenvalue weighted by Gasteiger charge is -2.21. The van der Waals surface area contributed by atoms with E-state index in [4.69, 9.17) is 21.4 Å². The van der Waals surface area contributed by atoms with Crippen molar-refractivity contribution < 1.29 is 37.5 Å². The molecule has 3 aromatic heterocycles. The Morgan fingerprint density at radius 1 is 0.984 bits per heavy atom. The maximum atomic E-state index is 14.8. The van der Waals surface area contributed by atoms with Gasteiger partial charge >= 0.3 is 5.97 Å². The van der Waals surface area contributed by atoms with Crippen LogP contribution in [0.2, 0.25) is 5.02 Å². The second kappa shape index (κ2) is 17.1. The summed E-state index contributed by atoms with van der Waals surface area (Å²) in [6.07, 6.45) is 1.22. The first-order chi connectivity index (χ1) is 29.0. The number of carbonyl (C=O) groups is 1. The normalized spacial score (nSPS) is 12.0. The molecular weight excluding hydrogens is 829 g/mol. The van der Waals surface area contributed by atoms with Crippen molar-refractivity contribution in [3.05, 3.63) is 133 Å². The number of aliphatic hydroxyl groups is 1. The van der Waals surface area contributed by atoms with Crippen molar-refractivity contribution in [3.8, 4) is 16.9 Å². The summed E-state index contributed by atoms with van der Waals surface area (Å²) in [5.74, 6) is -0.988. The first-order valence-electron chi connectivity index (χ1n) is 19.3. The van der Waals surface area contributed by atoms with Gasteiger partial charge in [0.25, 0.3) is 15.7 Å². The number of hydrogen-bond acceptors (Lipinski definition) is 10. The van der Waals surface area contributed by atoms with Gasteiger partial charge in [0, 0.05) is 77.1 Å². The van der Waals surface area contributed by atoms with Crippen molar-refractivity contribution in [3.63, 3.8) is 0 Å². The van der Waals surface area contributed by atoms with E-state index in [-0.39, 0.29) is 36.8 Å². The number of para-hydroxylation sites is 1. The predicted octanol–water partition coefficient (Wildman–Crippen LogP) is 7.30. The standard InChI is InChI=1S/C43H43ClFN7O8S/c1-25-39-36(51(17-8-18-53)42(25)43(55)60-5)16-15-33(44)41(39)40-26(2)48(3)47-34(40)24-50(61(58,59)38-10-7-6-9-35(38)52(56)57)23-30-22-31(49(4)46-30)13-11-27-19-28-21-29(45)12-14-32(28)37(54)20-27/h6-7,9-10,12,14-16,19-22,53-54H,8,11,13,17-18,23-24H2,1-5H3. The number of fused-ring (bicyclic) bond motifs is 2. The number of aryl methyl sites for hydroxylation is 6. The van der Waals surface area contributed by atoms with E-state index in [2.05, 4.69) is 5.10 Å². The highest BCUT2D eigenvalue weighted by Crippen LogP contribution is 2.43. The van der Waals surface area contributed by atoms with E-state index in [0.717, 1.165) is 21.6 Å². The van der Waals surface area contributed by atoms with E-state index in [0.29, 0.717) is 80.6 Å². The van der Waals surface area contributed by atoms with Crippen LogP contribution < -0.4 is 0 Å². The number of benzene rings is 4. The fourth-order valence-corrected chi connectivity index (χ4v) is 9.79. The van der Waals surface area contributed by atoms with Crippen LogP contribution in [0.15, 0.2) is 77.7 Å². The van der Waals surface area contributed by atoms with Gasteiger partial charge in [-0.2, -0.15) is 14.5 Å². The van der Waals surface area contributed by atoms with Gasteiger partial charge in [-0.25, -0.2) is 17.6 Å². The molecular formula is C43H43ClFN7O8S. The SMILES string of the molecule is COC(=O)c1c(C)c2c(-c3c(CN(Cc4cc(CCc5cc(O)c6ccc(F)cc6c5)n(C)n4)S(=O)(=O)c4ccccc4[N+](=O)[O-])nn(C)c3C)c(Cl)ccc2n1CCCO. The zero-order valence-corrected chi connectivity index (χ0v) is 35.6. The van der Waals surface area contributed by atoms with Crippen LogP contribution in [-0.4, -0.2) is 71.7 Å². The van der Waals surface area contributed by atoms with Crippen molar-refractivity contribution in [2.75, 3.05) is 13.7 Å². The highest BCUT2D eigenvalue weighted by molar-refractivity contribution is 7.89. The number of phenolic OH excluding ortho intramolecular Hbond substituents is 1. The molecule has 0 saturated heterocycles. The molecule has 0 aliphatic carbocycles. The Morgan fingerprint density at radius 2 is 1.74 bits per heavy atom. The maximum absolute atomic E-state index is 14.8. The number of sulfonamides is 1. The molecule has 0 saturated carbocycles. The van der Waals surface area contributed by atoms with Crippen molar-refractivity contribution in [2.24, 2.45) is 14.1 Å². The Bertz CT molecular complexity index is 2980. The molecule has 0 aliphatic heterocycles. The number of nitro groups is 1. The van der Waals surface area contributed by atoms with Crippen LogP contribution >= 0.6 is 11.6 Å². The molecule has 7 rings (SSSR count). The van der Waals surface area contributed by atoms with Crippen molar-refractivity contribution in [1.82, 2.24) is 28.4 Å². The number of nitro benzene ring substituents is 1. The lowest BCUT2D eigenvalue weighted by atomic mass is 9.96. The molecule has 0 atom stereocenters. The summed E-state index contributed by atoms with van der Waals surface area (Å²) in [5, 5.41) is 43.9. The second-order valence-corrected chi connectivity index (χ2v) is 17.1. The van der Waals surface area contributed by atoms with E-state index < -0.39 is 37.3 Å². The third-order valence-electron chi connectivity index (χ3n) is 11.0. The van der Waals surface area contributed by atoms with Crippen LogP contribution in [0, 0.1) is 29.8 Å². The Labute approximate surface area is 355 Å². The largest absolute Gasteiger partial charge is 0.507 e. The predicted molar refractivity (Wildman–Crippen MR) is 227 cm³/mol. The minimum atomic E-state index is -4.64. The number of halogens is 2. The minimum Gasteiger partial charge on any atom is -0.507 e. The van der Waals surface area contributed by atoms with Gasteiger partial charge in [-0.15, -0.1) is 0 Å². The molecule has 0 unspecified atom stereocenters. The summed E-state index contributed by atoms with van der Waals surface area (Å²) in [6.45, 7) is 3.06. The molecule has 318 valence electrons. The number of hydrogen-bond donors (Lipinski definition) is 2. The van der Waals surface area contributed by atoms with Crippen LogP contribution in [0.25, 0.3) is 32.8 Å². The number of phenols is 1. The zero-order chi connectivity index (χ0) is 43.9. The van der Waals surface area contributed by atoms with E-state index in [1.165, 1.54) is 43.5 Å². The molecule has 18 heteroatoms. The van der Waals surface area contributed by atoms with Crippen molar-refractivity contribution >= 4 is 55.0 Å². The monoisotopic (exact) mass is 871 g/mol. The molecule has 2 N–H and O–H groups in total. The van der Waals surface area contributed by atoms with Gasteiger partial charge in [0.2, 0.25) is 0 Å². The molecule has 0 fully saturated rings. The van der Waals surface area contributed by atoms with Crippen molar-refractivity contribution in [1.29, 1.82) is 0 Å². The highest BCUT2D eigenvalue weighted by atomic mass is 35.5. The average Bonchev–Trinajstić information content (AvgIpc) is 3.82. The number of esters is 1. The zero-order valence-electron chi connectivity index (χ0n) is 34.0. The Kier molecular flexibility index (Phi) is 12.0. The van der Waals surface area contributed by atoms with E-state index in [1.54, 1.807) is 72.2 Å². The van der Waals surface area contributed by atoms with E-state index in [9.17, 15) is 37.9 Å².